The Labute approximate surface area is 162 Å². The van der Waals surface area contributed by atoms with Gasteiger partial charge >= 0.3 is 0 Å². The van der Waals surface area contributed by atoms with Gasteiger partial charge < -0.3 is 10.1 Å². The molecule has 13 heteroatoms. The summed E-state index contributed by atoms with van der Waals surface area (Å²) < 4.78 is 56.6. The van der Waals surface area contributed by atoms with Crippen LogP contribution in [0.25, 0.3) is 0 Å². The summed E-state index contributed by atoms with van der Waals surface area (Å²) in [5, 5.41) is 2.43. The zero-order chi connectivity index (χ0) is 19.4. The Morgan fingerprint density at radius 2 is 1.96 bits per heavy atom. The lowest BCUT2D eigenvalue weighted by atomic mass is 10.5. The molecular formula is C13H20ClN3O6S3. The number of hydrogen-bond donors (Lipinski definition) is 1. The van der Waals surface area contributed by atoms with Crippen LogP contribution in [0.2, 0.25) is 4.34 Å². The first kappa shape index (κ1) is 21.5. The number of likely N-dealkylation sites (N-methyl/N-ethyl adjacent to an activating group) is 1. The van der Waals surface area contributed by atoms with Gasteiger partial charge in [0, 0.05) is 26.7 Å². The summed E-state index contributed by atoms with van der Waals surface area (Å²) in [4.78, 5) is 11.9. The van der Waals surface area contributed by atoms with Gasteiger partial charge in [-0.2, -0.15) is 8.61 Å². The summed E-state index contributed by atoms with van der Waals surface area (Å²) in [6.07, 6.45) is 0. The van der Waals surface area contributed by atoms with E-state index in [1.54, 1.807) is 0 Å². The van der Waals surface area contributed by atoms with Crippen LogP contribution in [0.4, 0.5) is 0 Å². The Morgan fingerprint density at radius 1 is 1.31 bits per heavy atom. The monoisotopic (exact) mass is 445 g/mol. The molecule has 26 heavy (non-hydrogen) atoms. The Kier molecular flexibility index (Phi) is 7.42. The van der Waals surface area contributed by atoms with Crippen LogP contribution >= 0.6 is 22.9 Å². The third-order valence-corrected chi connectivity index (χ3v) is 9.00. The first-order chi connectivity index (χ1) is 12.1. The number of amides is 1. The van der Waals surface area contributed by atoms with Crippen LogP contribution in [0.3, 0.4) is 0 Å². The molecule has 1 amide bonds. The summed E-state index contributed by atoms with van der Waals surface area (Å²) in [5.74, 6) is -0.841. The van der Waals surface area contributed by atoms with Gasteiger partial charge in [-0.25, -0.2) is 16.8 Å². The summed E-state index contributed by atoms with van der Waals surface area (Å²) in [6.45, 7) is 0.760. The van der Waals surface area contributed by atoms with Gasteiger partial charge in [-0.1, -0.05) is 11.6 Å². The highest BCUT2D eigenvalue weighted by Crippen LogP contribution is 2.27. The highest BCUT2D eigenvalue weighted by atomic mass is 35.5. The smallest absolute Gasteiger partial charge is 0.252 e. The molecule has 0 aromatic carbocycles. The highest BCUT2D eigenvalue weighted by molar-refractivity contribution is 7.91. The molecule has 0 spiro atoms. The van der Waals surface area contributed by atoms with Gasteiger partial charge in [0.1, 0.15) is 4.21 Å². The van der Waals surface area contributed by atoms with Gasteiger partial charge in [-0.3, -0.25) is 4.79 Å². The molecule has 1 saturated heterocycles. The number of carbonyl (C=O) groups is 1. The van der Waals surface area contributed by atoms with E-state index in [4.69, 9.17) is 16.3 Å². The molecule has 1 aliphatic heterocycles. The van der Waals surface area contributed by atoms with E-state index in [-0.39, 0.29) is 16.5 Å². The summed E-state index contributed by atoms with van der Waals surface area (Å²) in [6, 6.07) is 2.83. The fraction of sp³-hybridized carbons (Fsp3) is 0.615. The van der Waals surface area contributed by atoms with Gasteiger partial charge in [-0.05, 0) is 12.1 Å². The van der Waals surface area contributed by atoms with Crippen molar-refractivity contribution in [2.45, 2.75) is 4.21 Å². The predicted molar refractivity (Wildman–Crippen MR) is 98.3 cm³/mol. The largest absolute Gasteiger partial charge is 0.379 e. The summed E-state index contributed by atoms with van der Waals surface area (Å²) in [7, 11) is -6.03. The zero-order valence-corrected chi connectivity index (χ0v) is 17.3. The number of nitrogens with zero attached hydrogens (tertiary/aromatic N) is 2. The molecule has 0 atom stereocenters. The normalized spacial score (nSPS) is 16.7. The van der Waals surface area contributed by atoms with Crippen molar-refractivity contribution in [1.82, 2.24) is 13.9 Å². The van der Waals surface area contributed by atoms with Crippen molar-refractivity contribution in [3.63, 3.8) is 0 Å². The minimum absolute atomic E-state index is 0.0349. The van der Waals surface area contributed by atoms with Gasteiger partial charge in [0.15, 0.2) is 0 Å². The minimum atomic E-state index is -3.82. The number of thiophene rings is 1. The van der Waals surface area contributed by atoms with Crippen LogP contribution < -0.4 is 5.32 Å². The average molecular weight is 446 g/mol. The molecule has 1 fully saturated rings. The summed E-state index contributed by atoms with van der Waals surface area (Å²) in [5.41, 5.74) is 0. The van der Waals surface area contributed by atoms with Crippen molar-refractivity contribution in [2.24, 2.45) is 0 Å². The van der Waals surface area contributed by atoms with E-state index in [1.807, 2.05) is 0 Å². The quantitative estimate of drug-likeness (QED) is 0.592. The van der Waals surface area contributed by atoms with Crippen molar-refractivity contribution in [3.05, 3.63) is 16.5 Å². The van der Waals surface area contributed by atoms with Crippen molar-refractivity contribution < 1.29 is 26.4 Å². The van der Waals surface area contributed by atoms with Crippen LogP contribution in [0.1, 0.15) is 0 Å². The van der Waals surface area contributed by atoms with Crippen molar-refractivity contribution >= 4 is 48.9 Å². The topological polar surface area (TPSA) is 113 Å². The third kappa shape index (κ3) is 5.62. The molecule has 148 valence electrons. The molecule has 0 radical (unpaired) electrons. The van der Waals surface area contributed by atoms with Crippen molar-refractivity contribution in [2.75, 3.05) is 52.2 Å². The van der Waals surface area contributed by atoms with E-state index in [2.05, 4.69) is 5.32 Å². The first-order valence-electron chi connectivity index (χ1n) is 7.67. The number of carbonyl (C=O) groups excluding carboxylic acids is 1. The zero-order valence-electron chi connectivity index (χ0n) is 14.1. The van der Waals surface area contributed by atoms with E-state index < -0.39 is 32.5 Å². The van der Waals surface area contributed by atoms with Gasteiger partial charge in [0.2, 0.25) is 15.9 Å². The number of ether oxygens (including phenoxy) is 1. The predicted octanol–water partition coefficient (Wildman–Crippen LogP) is -0.200. The van der Waals surface area contributed by atoms with Crippen molar-refractivity contribution in [1.29, 1.82) is 0 Å². The summed E-state index contributed by atoms with van der Waals surface area (Å²) >= 11 is 6.64. The maximum absolute atomic E-state index is 12.3. The molecule has 2 rings (SSSR count). The molecule has 2 heterocycles. The molecule has 1 aliphatic rings. The van der Waals surface area contributed by atoms with Crippen LogP contribution in [-0.2, 0) is 29.6 Å². The first-order valence-corrected chi connectivity index (χ1v) is 11.9. The standard InChI is InChI=1S/C13H20ClN3O6S3/c1-16(26(21,22)13-3-2-11(14)24-13)10-12(18)15-4-9-25(19,20)17-5-7-23-8-6-17/h2-3H,4-10H2,1H3,(H,15,18). The fourth-order valence-electron chi connectivity index (χ4n) is 2.21. The highest BCUT2D eigenvalue weighted by Gasteiger charge is 2.26. The number of sulfonamides is 2. The van der Waals surface area contributed by atoms with Crippen LogP contribution in [0, 0.1) is 0 Å². The number of morpholine rings is 1. The van der Waals surface area contributed by atoms with E-state index in [9.17, 15) is 21.6 Å². The Hall–Kier alpha value is -0.760. The minimum Gasteiger partial charge on any atom is -0.379 e. The number of rotatable bonds is 8. The molecule has 1 aromatic rings. The molecule has 9 nitrogen and oxygen atoms in total. The third-order valence-electron chi connectivity index (χ3n) is 3.63. The molecule has 0 unspecified atom stereocenters. The molecular weight excluding hydrogens is 426 g/mol. The maximum atomic E-state index is 12.3. The average Bonchev–Trinajstić information content (AvgIpc) is 3.02. The van der Waals surface area contributed by atoms with Crippen LogP contribution in [0.15, 0.2) is 16.3 Å². The van der Waals surface area contributed by atoms with E-state index in [1.165, 1.54) is 23.5 Å². The Morgan fingerprint density at radius 3 is 2.54 bits per heavy atom. The van der Waals surface area contributed by atoms with Gasteiger partial charge in [0.25, 0.3) is 10.0 Å². The lowest BCUT2D eigenvalue weighted by molar-refractivity contribution is -0.121. The lowest BCUT2D eigenvalue weighted by Crippen LogP contribution is -2.45. The second-order valence-corrected chi connectivity index (χ2v) is 11.6. The Balaban J connectivity index is 1.83. The van der Waals surface area contributed by atoms with E-state index >= 15 is 0 Å². The second kappa shape index (κ2) is 8.95. The molecule has 1 aromatic heterocycles. The lowest BCUT2D eigenvalue weighted by Gasteiger charge is -2.26. The van der Waals surface area contributed by atoms with Crippen LogP contribution in [-0.4, -0.2) is 83.5 Å². The molecule has 0 saturated carbocycles. The molecule has 1 N–H and O–H groups in total. The van der Waals surface area contributed by atoms with Gasteiger partial charge in [-0.15, -0.1) is 11.3 Å². The van der Waals surface area contributed by atoms with Crippen molar-refractivity contribution in [3.8, 4) is 0 Å². The maximum Gasteiger partial charge on any atom is 0.252 e. The SMILES string of the molecule is CN(CC(=O)NCCS(=O)(=O)N1CCOCC1)S(=O)(=O)c1ccc(Cl)s1. The molecule has 0 aliphatic carbocycles. The second-order valence-electron chi connectivity index (χ2n) is 5.50. The fourth-order valence-corrected chi connectivity index (χ4v) is 6.35. The number of halogens is 1. The van der Waals surface area contributed by atoms with Crippen LogP contribution in [0.5, 0.6) is 0 Å². The van der Waals surface area contributed by atoms with E-state index in [0.29, 0.717) is 30.6 Å². The molecule has 0 bridgehead atoms. The van der Waals surface area contributed by atoms with Gasteiger partial charge in [0.05, 0.1) is 29.8 Å². The van der Waals surface area contributed by atoms with E-state index in [0.717, 1.165) is 15.6 Å². The number of nitrogens with one attached hydrogen (secondary N) is 1. The Bertz CT molecular complexity index is 833. The number of hydrogen-bond acceptors (Lipinski definition) is 7.